The SMILES string of the molecule is C=C1/C=C\C=C/N(C2=CC=CCN2)c2cccc(N(c3ccccc3)c3cccc4c3C3CC=CC=C3N4C3CC(C)C=CN3)c21. The summed E-state index contributed by atoms with van der Waals surface area (Å²) >= 11 is 0. The summed E-state index contributed by atoms with van der Waals surface area (Å²) in [7, 11) is 0. The van der Waals surface area contributed by atoms with Gasteiger partial charge in [0.05, 0.1) is 17.1 Å². The summed E-state index contributed by atoms with van der Waals surface area (Å²) in [6.07, 6.45) is 28.3. The van der Waals surface area contributed by atoms with Gasteiger partial charge in [0, 0.05) is 46.9 Å². The zero-order valence-electron chi connectivity index (χ0n) is 26.2. The molecule has 0 fully saturated rings. The lowest BCUT2D eigenvalue weighted by Crippen LogP contribution is -2.45. The molecule has 0 radical (unpaired) electrons. The molecule has 0 saturated carbocycles. The number of anilines is 5. The Kier molecular flexibility index (Phi) is 7.22. The average Bonchev–Trinajstić information content (AvgIpc) is 3.43. The van der Waals surface area contributed by atoms with Crippen molar-refractivity contribution in [3.8, 4) is 0 Å². The van der Waals surface area contributed by atoms with Crippen molar-refractivity contribution in [2.75, 3.05) is 21.2 Å². The number of hydrogen-bond donors (Lipinski definition) is 2. The Hall–Kier alpha value is -5.42. The number of fused-ring (bicyclic) bond motifs is 4. The largest absolute Gasteiger partial charge is 0.371 e. The second-order valence-corrected chi connectivity index (χ2v) is 12.4. The number of allylic oxidation sites excluding steroid dienone is 11. The molecule has 4 aliphatic heterocycles. The van der Waals surface area contributed by atoms with Crippen LogP contribution in [0.2, 0.25) is 0 Å². The Labute approximate surface area is 272 Å². The summed E-state index contributed by atoms with van der Waals surface area (Å²) < 4.78 is 0. The van der Waals surface area contributed by atoms with E-state index in [1.807, 2.05) is 0 Å². The van der Waals surface area contributed by atoms with Gasteiger partial charge in [0.15, 0.2) is 0 Å². The molecule has 1 aliphatic carbocycles. The predicted molar refractivity (Wildman–Crippen MR) is 193 cm³/mol. The van der Waals surface area contributed by atoms with Crippen LogP contribution in [0.5, 0.6) is 0 Å². The van der Waals surface area contributed by atoms with Crippen LogP contribution in [0.4, 0.5) is 28.4 Å². The van der Waals surface area contributed by atoms with Crippen molar-refractivity contribution in [1.29, 1.82) is 0 Å². The monoisotopic (exact) mass is 601 g/mol. The van der Waals surface area contributed by atoms with Gasteiger partial charge >= 0.3 is 0 Å². The molecule has 0 spiro atoms. The molecule has 3 aromatic carbocycles. The van der Waals surface area contributed by atoms with E-state index in [-0.39, 0.29) is 12.1 Å². The lowest BCUT2D eigenvalue weighted by Gasteiger charge is -2.36. The van der Waals surface area contributed by atoms with Gasteiger partial charge < -0.3 is 25.3 Å². The van der Waals surface area contributed by atoms with E-state index in [1.165, 1.54) is 22.6 Å². The Morgan fingerprint density at radius 1 is 0.848 bits per heavy atom. The summed E-state index contributed by atoms with van der Waals surface area (Å²) in [5.74, 6) is 1.82. The number of benzene rings is 3. The van der Waals surface area contributed by atoms with Gasteiger partial charge in [-0.25, -0.2) is 0 Å². The van der Waals surface area contributed by atoms with Crippen LogP contribution in [0.1, 0.15) is 36.8 Å². The average molecular weight is 602 g/mol. The molecule has 5 nitrogen and oxygen atoms in total. The van der Waals surface area contributed by atoms with Crippen molar-refractivity contribution in [2.24, 2.45) is 5.92 Å². The second kappa shape index (κ2) is 11.8. The van der Waals surface area contributed by atoms with Crippen LogP contribution in [-0.2, 0) is 0 Å². The number of rotatable bonds is 5. The van der Waals surface area contributed by atoms with E-state index in [9.17, 15) is 0 Å². The van der Waals surface area contributed by atoms with E-state index < -0.39 is 0 Å². The Balaban J connectivity index is 1.35. The molecule has 8 rings (SSSR count). The molecule has 5 aliphatic rings. The van der Waals surface area contributed by atoms with E-state index >= 15 is 0 Å². The lowest BCUT2D eigenvalue weighted by molar-refractivity contribution is 0.451. The summed E-state index contributed by atoms with van der Waals surface area (Å²) in [4.78, 5) is 7.27. The zero-order valence-corrected chi connectivity index (χ0v) is 26.2. The van der Waals surface area contributed by atoms with Gasteiger partial charge in [-0.1, -0.05) is 86.4 Å². The molecule has 5 heteroatoms. The van der Waals surface area contributed by atoms with E-state index in [4.69, 9.17) is 0 Å². The first-order valence-electron chi connectivity index (χ1n) is 16.3. The van der Waals surface area contributed by atoms with Crippen LogP contribution in [-0.4, -0.2) is 12.7 Å². The maximum absolute atomic E-state index is 4.62. The molecule has 0 bridgehead atoms. The molecular weight excluding hydrogens is 562 g/mol. The first-order chi connectivity index (χ1) is 22.7. The molecule has 4 heterocycles. The molecule has 3 unspecified atom stereocenters. The summed E-state index contributed by atoms with van der Waals surface area (Å²) in [5.41, 5.74) is 10.6. The highest BCUT2D eigenvalue weighted by molar-refractivity contribution is 5.96. The van der Waals surface area contributed by atoms with Gasteiger partial charge in [0.1, 0.15) is 12.0 Å². The topological polar surface area (TPSA) is 33.8 Å². The molecule has 2 N–H and O–H groups in total. The van der Waals surface area contributed by atoms with Gasteiger partial charge in [0.25, 0.3) is 0 Å². The normalized spacial score (nSPS) is 23.9. The number of hydrogen-bond acceptors (Lipinski definition) is 5. The van der Waals surface area contributed by atoms with Crippen molar-refractivity contribution in [3.63, 3.8) is 0 Å². The van der Waals surface area contributed by atoms with Gasteiger partial charge in [-0.15, -0.1) is 0 Å². The van der Waals surface area contributed by atoms with Crippen molar-refractivity contribution in [3.05, 3.63) is 169 Å². The first-order valence-corrected chi connectivity index (χ1v) is 16.3. The van der Waals surface area contributed by atoms with Crippen LogP contribution in [0, 0.1) is 5.92 Å². The highest BCUT2D eigenvalue weighted by Crippen LogP contribution is 2.55. The molecule has 3 atom stereocenters. The van der Waals surface area contributed by atoms with Crippen molar-refractivity contribution >= 4 is 34.0 Å². The van der Waals surface area contributed by atoms with Crippen LogP contribution in [0.15, 0.2) is 158 Å². The summed E-state index contributed by atoms with van der Waals surface area (Å²) in [6.45, 7) is 7.71. The third kappa shape index (κ3) is 4.80. The van der Waals surface area contributed by atoms with Crippen LogP contribution in [0.25, 0.3) is 5.57 Å². The third-order valence-corrected chi connectivity index (χ3v) is 9.49. The molecular formula is C41H39N5. The van der Waals surface area contributed by atoms with Gasteiger partial charge in [-0.05, 0) is 85.2 Å². The third-order valence-electron chi connectivity index (χ3n) is 9.49. The number of nitrogens with one attached hydrogen (secondary N) is 2. The van der Waals surface area contributed by atoms with E-state index in [2.05, 4.69) is 179 Å². The quantitative estimate of drug-likeness (QED) is 0.305. The fourth-order valence-corrected chi connectivity index (χ4v) is 7.46. The molecule has 46 heavy (non-hydrogen) atoms. The predicted octanol–water partition coefficient (Wildman–Crippen LogP) is 9.28. The first kappa shape index (κ1) is 28.1. The maximum atomic E-state index is 4.62. The van der Waals surface area contributed by atoms with E-state index in [0.29, 0.717) is 5.92 Å². The highest BCUT2D eigenvalue weighted by Gasteiger charge is 2.41. The van der Waals surface area contributed by atoms with Crippen LogP contribution < -0.4 is 25.3 Å². The highest BCUT2D eigenvalue weighted by atomic mass is 15.3. The number of dihydropyridines is 1. The van der Waals surface area contributed by atoms with Crippen molar-refractivity contribution < 1.29 is 0 Å². The van der Waals surface area contributed by atoms with Gasteiger partial charge in [0.2, 0.25) is 0 Å². The number of para-hydroxylation sites is 1. The molecule has 3 aromatic rings. The molecule has 228 valence electrons. The van der Waals surface area contributed by atoms with Crippen LogP contribution in [0.3, 0.4) is 0 Å². The standard InChI is InChI=1S/C41H39N5/c1-29-24-26-43-39(28-29)46-33-18-7-6-17-32(33)41-36(21-13-22-37(41)46)45(31-15-4-3-5-16-31)35-20-12-19-34-40(35)30(2)14-9-11-27-44(34)38-23-8-10-25-42-38/h3-16,18-24,26-27,29,32,39,42-43H,2,17,25,28H2,1H3/b14-9-,27-11-. The fraction of sp³-hybridized carbons (Fsp3) is 0.171. The van der Waals surface area contributed by atoms with Crippen molar-refractivity contribution in [1.82, 2.24) is 10.6 Å². The van der Waals surface area contributed by atoms with Crippen LogP contribution >= 0.6 is 0 Å². The number of nitrogens with zero attached hydrogens (tertiary/aromatic N) is 3. The summed E-state index contributed by atoms with van der Waals surface area (Å²) in [6, 6.07) is 24.2. The minimum atomic E-state index is 0.203. The maximum Gasteiger partial charge on any atom is 0.110 e. The molecule has 0 saturated heterocycles. The van der Waals surface area contributed by atoms with Gasteiger partial charge in [-0.2, -0.15) is 0 Å². The smallest absolute Gasteiger partial charge is 0.110 e. The van der Waals surface area contributed by atoms with Gasteiger partial charge in [-0.3, -0.25) is 0 Å². The minimum Gasteiger partial charge on any atom is -0.371 e. The second-order valence-electron chi connectivity index (χ2n) is 12.4. The molecule has 0 aromatic heterocycles. The Morgan fingerprint density at radius 3 is 2.50 bits per heavy atom. The fourth-order valence-electron chi connectivity index (χ4n) is 7.46. The van der Waals surface area contributed by atoms with E-state index in [0.717, 1.165) is 53.4 Å². The van der Waals surface area contributed by atoms with E-state index in [1.54, 1.807) is 0 Å². The molecule has 0 amide bonds. The lowest BCUT2D eigenvalue weighted by atomic mass is 9.89. The summed E-state index contributed by atoms with van der Waals surface area (Å²) in [5, 5.41) is 7.25. The zero-order chi connectivity index (χ0) is 31.0. The minimum absolute atomic E-state index is 0.203. The van der Waals surface area contributed by atoms with Crippen molar-refractivity contribution in [2.45, 2.75) is 31.8 Å². The Bertz CT molecular complexity index is 1890. The Morgan fingerprint density at radius 2 is 1.67 bits per heavy atom.